The number of benzene rings is 1. The van der Waals surface area contributed by atoms with Crippen LogP contribution in [0.4, 0.5) is 11.8 Å². The lowest BCUT2D eigenvalue weighted by molar-refractivity contribution is 0.829. The van der Waals surface area contributed by atoms with Gasteiger partial charge < -0.3 is 10.6 Å². The van der Waals surface area contributed by atoms with Gasteiger partial charge in [-0.25, -0.2) is 4.98 Å². The van der Waals surface area contributed by atoms with Crippen LogP contribution >= 0.6 is 0 Å². The largest absolute Gasteiger partial charge is 0.370 e. The van der Waals surface area contributed by atoms with Crippen molar-refractivity contribution in [3.8, 4) is 0 Å². The number of aryl methyl sites for hydroxylation is 2. The summed E-state index contributed by atoms with van der Waals surface area (Å²) >= 11 is 0. The van der Waals surface area contributed by atoms with Gasteiger partial charge in [0.1, 0.15) is 5.82 Å². The molecule has 4 nitrogen and oxygen atoms in total. The molecule has 0 spiro atoms. The van der Waals surface area contributed by atoms with Crippen LogP contribution in [0, 0.1) is 13.8 Å². The Morgan fingerprint density at radius 3 is 2.62 bits per heavy atom. The van der Waals surface area contributed by atoms with Crippen LogP contribution in [0.2, 0.25) is 0 Å². The first-order chi connectivity index (χ1) is 10.2. The number of rotatable bonds is 7. The number of hydrogen-bond donors (Lipinski definition) is 2. The lowest BCUT2D eigenvalue weighted by atomic mass is 10.1. The van der Waals surface area contributed by atoms with Crippen molar-refractivity contribution in [2.24, 2.45) is 0 Å². The summed E-state index contributed by atoms with van der Waals surface area (Å²) in [7, 11) is 0. The van der Waals surface area contributed by atoms with Gasteiger partial charge in [0, 0.05) is 24.8 Å². The second kappa shape index (κ2) is 7.62. The smallest absolute Gasteiger partial charge is 0.225 e. The zero-order valence-corrected chi connectivity index (χ0v) is 13.1. The molecule has 0 aliphatic carbocycles. The molecule has 2 rings (SSSR count). The predicted octanol–water partition coefficient (Wildman–Crippen LogP) is 3.92. The fraction of sp³-hybridized carbons (Fsp3) is 0.412. The van der Waals surface area contributed by atoms with Gasteiger partial charge in [-0.05, 0) is 31.4 Å². The summed E-state index contributed by atoms with van der Waals surface area (Å²) < 4.78 is 0. The second-order valence-electron chi connectivity index (χ2n) is 5.28. The van der Waals surface area contributed by atoms with Crippen LogP contribution in [-0.2, 0) is 6.54 Å². The van der Waals surface area contributed by atoms with Crippen LogP contribution in [-0.4, -0.2) is 16.5 Å². The molecule has 0 fully saturated rings. The number of nitrogens with zero attached hydrogens (tertiary/aromatic N) is 2. The Morgan fingerprint density at radius 1 is 1.05 bits per heavy atom. The van der Waals surface area contributed by atoms with E-state index in [2.05, 4.69) is 58.7 Å². The maximum atomic E-state index is 4.52. The van der Waals surface area contributed by atoms with Crippen molar-refractivity contribution >= 4 is 11.8 Å². The molecule has 1 aromatic heterocycles. The van der Waals surface area contributed by atoms with Gasteiger partial charge in [0.05, 0.1) is 0 Å². The predicted molar refractivity (Wildman–Crippen MR) is 88.7 cm³/mol. The number of unbranched alkanes of at least 4 members (excludes halogenated alkanes) is 1. The van der Waals surface area contributed by atoms with Gasteiger partial charge in [-0.3, -0.25) is 0 Å². The minimum absolute atomic E-state index is 0.678. The van der Waals surface area contributed by atoms with Crippen molar-refractivity contribution in [2.75, 3.05) is 17.2 Å². The Hall–Kier alpha value is -2.10. The molecule has 2 aromatic rings. The van der Waals surface area contributed by atoms with Crippen molar-refractivity contribution in [1.29, 1.82) is 0 Å². The molecule has 0 amide bonds. The van der Waals surface area contributed by atoms with E-state index in [0.29, 0.717) is 5.95 Å². The molecule has 1 heterocycles. The van der Waals surface area contributed by atoms with Gasteiger partial charge in [-0.15, -0.1) is 0 Å². The molecule has 112 valence electrons. The normalized spacial score (nSPS) is 10.4. The van der Waals surface area contributed by atoms with Gasteiger partial charge in [0.15, 0.2) is 0 Å². The summed E-state index contributed by atoms with van der Waals surface area (Å²) in [4.78, 5) is 8.96. The molecule has 0 aliphatic rings. The quantitative estimate of drug-likeness (QED) is 0.757. The van der Waals surface area contributed by atoms with Crippen molar-refractivity contribution in [1.82, 2.24) is 9.97 Å². The molecule has 0 unspecified atom stereocenters. The molecule has 0 aliphatic heterocycles. The van der Waals surface area contributed by atoms with Crippen LogP contribution in [0.3, 0.4) is 0 Å². The molecule has 0 atom stereocenters. The Morgan fingerprint density at radius 2 is 1.86 bits per heavy atom. The number of aromatic nitrogens is 2. The standard InChI is InChI=1S/C17H24N4/c1-4-5-10-18-16-11-14(3)20-17(21-16)19-12-15-9-7-6-8-13(15)2/h6-9,11H,4-5,10,12H2,1-3H3,(H2,18,19,20,21). The van der Waals surface area contributed by atoms with Crippen LogP contribution in [0.1, 0.15) is 36.6 Å². The van der Waals surface area contributed by atoms with Crippen molar-refractivity contribution in [2.45, 2.75) is 40.2 Å². The van der Waals surface area contributed by atoms with Crippen LogP contribution < -0.4 is 10.6 Å². The summed E-state index contributed by atoms with van der Waals surface area (Å²) in [5.74, 6) is 1.57. The Labute approximate surface area is 127 Å². The molecule has 0 saturated heterocycles. The zero-order chi connectivity index (χ0) is 15.1. The van der Waals surface area contributed by atoms with Gasteiger partial charge in [-0.2, -0.15) is 4.98 Å². The molecule has 4 heteroatoms. The zero-order valence-electron chi connectivity index (χ0n) is 13.1. The van der Waals surface area contributed by atoms with E-state index in [1.54, 1.807) is 0 Å². The van der Waals surface area contributed by atoms with Crippen LogP contribution in [0.15, 0.2) is 30.3 Å². The molecule has 0 radical (unpaired) electrons. The minimum Gasteiger partial charge on any atom is -0.370 e. The topological polar surface area (TPSA) is 49.8 Å². The Balaban J connectivity index is 2.01. The minimum atomic E-state index is 0.678. The second-order valence-corrected chi connectivity index (χ2v) is 5.28. The van der Waals surface area contributed by atoms with E-state index in [0.717, 1.165) is 31.0 Å². The first kappa shape index (κ1) is 15.3. The summed E-state index contributed by atoms with van der Waals surface area (Å²) in [6.45, 7) is 7.98. The van der Waals surface area contributed by atoms with Crippen molar-refractivity contribution < 1.29 is 0 Å². The highest BCUT2D eigenvalue weighted by molar-refractivity contribution is 5.42. The highest BCUT2D eigenvalue weighted by Gasteiger charge is 2.03. The van der Waals surface area contributed by atoms with Crippen molar-refractivity contribution in [3.05, 3.63) is 47.2 Å². The van der Waals surface area contributed by atoms with E-state index in [1.165, 1.54) is 17.5 Å². The van der Waals surface area contributed by atoms with E-state index in [9.17, 15) is 0 Å². The first-order valence-electron chi connectivity index (χ1n) is 7.57. The highest BCUT2D eigenvalue weighted by atomic mass is 15.1. The average molecular weight is 284 g/mol. The summed E-state index contributed by atoms with van der Waals surface area (Å²) in [5, 5.41) is 6.66. The number of nitrogens with one attached hydrogen (secondary N) is 2. The fourth-order valence-corrected chi connectivity index (χ4v) is 2.11. The SMILES string of the molecule is CCCCNc1cc(C)nc(NCc2ccccc2C)n1. The Kier molecular flexibility index (Phi) is 5.55. The molecular formula is C17H24N4. The third-order valence-electron chi connectivity index (χ3n) is 3.39. The third-order valence-corrected chi connectivity index (χ3v) is 3.39. The van der Waals surface area contributed by atoms with Gasteiger partial charge in [0.25, 0.3) is 0 Å². The lowest BCUT2D eigenvalue weighted by Gasteiger charge is -2.10. The maximum absolute atomic E-state index is 4.52. The molecule has 1 aromatic carbocycles. The average Bonchev–Trinajstić information content (AvgIpc) is 2.46. The molecule has 0 bridgehead atoms. The maximum Gasteiger partial charge on any atom is 0.225 e. The summed E-state index contributed by atoms with van der Waals surface area (Å²) in [6, 6.07) is 10.3. The first-order valence-corrected chi connectivity index (χ1v) is 7.57. The Bertz CT molecular complexity index is 581. The van der Waals surface area contributed by atoms with E-state index < -0.39 is 0 Å². The number of hydrogen-bond acceptors (Lipinski definition) is 4. The van der Waals surface area contributed by atoms with E-state index >= 15 is 0 Å². The molecule has 0 saturated carbocycles. The highest BCUT2D eigenvalue weighted by Crippen LogP contribution is 2.12. The van der Waals surface area contributed by atoms with Crippen LogP contribution in [0.25, 0.3) is 0 Å². The molecular weight excluding hydrogens is 260 g/mol. The van der Waals surface area contributed by atoms with Gasteiger partial charge in [0.2, 0.25) is 5.95 Å². The van der Waals surface area contributed by atoms with Gasteiger partial charge in [-0.1, -0.05) is 37.6 Å². The van der Waals surface area contributed by atoms with E-state index in [1.807, 2.05) is 13.0 Å². The molecule has 21 heavy (non-hydrogen) atoms. The third kappa shape index (κ3) is 4.74. The monoisotopic (exact) mass is 284 g/mol. The van der Waals surface area contributed by atoms with E-state index in [-0.39, 0.29) is 0 Å². The number of anilines is 2. The lowest BCUT2D eigenvalue weighted by Crippen LogP contribution is -2.09. The van der Waals surface area contributed by atoms with Crippen LogP contribution in [0.5, 0.6) is 0 Å². The van der Waals surface area contributed by atoms with E-state index in [4.69, 9.17) is 0 Å². The van der Waals surface area contributed by atoms with Gasteiger partial charge >= 0.3 is 0 Å². The fourth-order valence-electron chi connectivity index (χ4n) is 2.11. The summed E-state index contributed by atoms with van der Waals surface area (Å²) in [6.07, 6.45) is 2.32. The van der Waals surface area contributed by atoms with Crippen molar-refractivity contribution in [3.63, 3.8) is 0 Å². The summed E-state index contributed by atoms with van der Waals surface area (Å²) in [5.41, 5.74) is 3.51. The molecule has 2 N–H and O–H groups in total.